The Morgan fingerprint density at radius 1 is 1.25 bits per heavy atom. The van der Waals surface area contributed by atoms with Gasteiger partial charge in [0.1, 0.15) is 0 Å². The highest BCUT2D eigenvalue weighted by atomic mass is 35.7. The molecule has 5 heteroatoms. The summed E-state index contributed by atoms with van der Waals surface area (Å²) in [6.07, 6.45) is 1.45. The van der Waals surface area contributed by atoms with Gasteiger partial charge in [0.05, 0.1) is 0 Å². The third kappa shape index (κ3) is 5.97. The smallest absolute Gasteiger partial charge is 0.222 e. The van der Waals surface area contributed by atoms with Gasteiger partial charge in [-0.3, -0.25) is 4.79 Å². The van der Waals surface area contributed by atoms with Gasteiger partial charge in [0, 0.05) is 43.3 Å². The maximum Gasteiger partial charge on any atom is 0.222 e. The van der Waals surface area contributed by atoms with Crippen molar-refractivity contribution < 1.29 is 4.79 Å². The average molecular weight is 267 g/mol. The van der Waals surface area contributed by atoms with E-state index in [0.29, 0.717) is 12.5 Å². The Hall–Kier alpha value is 0.0700. The largest absolute Gasteiger partial charge is 0.343 e. The van der Waals surface area contributed by atoms with Crippen LogP contribution in [-0.2, 0) is 4.79 Å². The van der Waals surface area contributed by atoms with E-state index in [1.54, 1.807) is 4.90 Å². The molecule has 16 heavy (non-hydrogen) atoms. The highest BCUT2D eigenvalue weighted by molar-refractivity contribution is 8.19. The van der Waals surface area contributed by atoms with E-state index in [9.17, 15) is 4.79 Å². The minimum absolute atomic E-state index is 0.207. The minimum atomic E-state index is 0.207. The number of nitrogens with zero attached hydrogens (tertiary/aromatic N) is 2. The molecule has 0 radical (unpaired) electrons. The van der Waals surface area contributed by atoms with E-state index in [0.717, 1.165) is 13.0 Å². The molecule has 96 valence electrons. The van der Waals surface area contributed by atoms with Crippen molar-refractivity contribution >= 4 is 27.8 Å². The topological polar surface area (TPSA) is 23.6 Å². The van der Waals surface area contributed by atoms with Crippen LogP contribution in [0.3, 0.4) is 0 Å². The van der Waals surface area contributed by atoms with Crippen LogP contribution in [0.4, 0.5) is 0 Å². The van der Waals surface area contributed by atoms with Crippen molar-refractivity contribution in [1.29, 1.82) is 0 Å². The van der Waals surface area contributed by atoms with Gasteiger partial charge in [-0.05, 0) is 44.8 Å². The third-order valence-electron chi connectivity index (χ3n) is 2.60. The van der Waals surface area contributed by atoms with Crippen LogP contribution < -0.4 is 0 Å². The summed E-state index contributed by atoms with van der Waals surface area (Å²) in [5, 5.41) is 0. The van der Waals surface area contributed by atoms with E-state index in [1.807, 2.05) is 20.9 Å². The molecule has 0 saturated heterocycles. The molecular formula is C11H23ClN2OS. The van der Waals surface area contributed by atoms with Crippen molar-refractivity contribution in [3.8, 4) is 0 Å². The summed E-state index contributed by atoms with van der Waals surface area (Å²) in [4.78, 5) is 13.5. The van der Waals surface area contributed by atoms with Crippen LogP contribution in [0.15, 0.2) is 0 Å². The Bertz CT molecular complexity index is 212. The zero-order valence-corrected chi connectivity index (χ0v) is 12.4. The van der Waals surface area contributed by atoms with Crippen LogP contribution in [0.5, 0.6) is 0 Å². The van der Waals surface area contributed by atoms with E-state index in [1.165, 1.54) is 11.2 Å². The summed E-state index contributed by atoms with van der Waals surface area (Å²) in [6, 6.07) is 0.677. The fraction of sp³-hybridized carbons (Fsp3) is 0.909. The molecule has 0 aliphatic heterocycles. The molecule has 0 aromatic heterocycles. The number of halogens is 1. The third-order valence-corrected chi connectivity index (χ3v) is 3.92. The van der Waals surface area contributed by atoms with Crippen LogP contribution in [-0.4, -0.2) is 40.8 Å². The normalized spacial score (nSPS) is 11.6. The molecule has 0 N–H and O–H groups in total. The number of hydrogen-bond acceptors (Lipinski definition) is 3. The maximum absolute atomic E-state index is 11.7. The quantitative estimate of drug-likeness (QED) is 0.662. The summed E-state index contributed by atoms with van der Waals surface area (Å²) in [6.45, 7) is 9.08. The van der Waals surface area contributed by atoms with Crippen molar-refractivity contribution in [2.75, 3.05) is 13.6 Å². The van der Waals surface area contributed by atoms with E-state index in [-0.39, 0.29) is 11.9 Å². The second-order valence-corrected chi connectivity index (χ2v) is 5.53. The van der Waals surface area contributed by atoms with Crippen LogP contribution in [0.1, 0.15) is 40.5 Å². The van der Waals surface area contributed by atoms with Crippen LogP contribution >= 0.6 is 21.8 Å². The lowest BCUT2D eigenvalue weighted by Crippen LogP contribution is -2.33. The fourth-order valence-corrected chi connectivity index (χ4v) is 2.27. The summed E-state index contributed by atoms with van der Waals surface area (Å²) in [5.74, 6) is 0.207. The Morgan fingerprint density at radius 3 is 2.19 bits per heavy atom. The number of carbonyl (C=O) groups is 1. The fourth-order valence-electron chi connectivity index (χ4n) is 1.22. The second kappa shape index (κ2) is 8.20. The molecule has 0 heterocycles. The monoisotopic (exact) mass is 266 g/mol. The first-order chi connectivity index (χ1) is 7.40. The summed E-state index contributed by atoms with van der Waals surface area (Å²) >= 11 is 1.23. The summed E-state index contributed by atoms with van der Waals surface area (Å²) in [7, 11) is 7.59. The molecular weight excluding hydrogens is 244 g/mol. The zero-order chi connectivity index (χ0) is 12.7. The Kier molecular flexibility index (Phi) is 8.24. The summed E-state index contributed by atoms with van der Waals surface area (Å²) in [5.41, 5.74) is 0. The van der Waals surface area contributed by atoms with Crippen molar-refractivity contribution in [3.63, 3.8) is 0 Å². The lowest BCUT2D eigenvalue weighted by Gasteiger charge is -2.24. The van der Waals surface area contributed by atoms with E-state index >= 15 is 0 Å². The van der Waals surface area contributed by atoms with Gasteiger partial charge in [0.2, 0.25) is 5.91 Å². The minimum Gasteiger partial charge on any atom is -0.343 e. The van der Waals surface area contributed by atoms with Gasteiger partial charge in [-0.1, -0.05) is 0 Å². The van der Waals surface area contributed by atoms with E-state index < -0.39 is 0 Å². The SMILES string of the molecule is CC(C)N(CCCC(=O)N(C)C(C)C)SCl. The predicted molar refractivity (Wildman–Crippen MR) is 72.4 cm³/mol. The molecule has 3 nitrogen and oxygen atoms in total. The molecule has 0 atom stereocenters. The van der Waals surface area contributed by atoms with Crippen LogP contribution in [0, 0.1) is 0 Å². The maximum atomic E-state index is 11.7. The lowest BCUT2D eigenvalue weighted by molar-refractivity contribution is -0.131. The Labute approximate surface area is 108 Å². The highest BCUT2D eigenvalue weighted by Gasteiger charge is 2.13. The van der Waals surface area contributed by atoms with Crippen LogP contribution in [0.25, 0.3) is 0 Å². The predicted octanol–water partition coefficient (Wildman–Crippen LogP) is 3.15. The van der Waals surface area contributed by atoms with Gasteiger partial charge >= 0.3 is 0 Å². The molecule has 0 rings (SSSR count). The molecule has 0 aromatic rings. The molecule has 0 aromatic carbocycles. The first kappa shape index (κ1) is 16.1. The standard InChI is InChI=1S/C11H23ClN2OS/c1-9(2)13(5)11(15)7-6-8-14(16-12)10(3)4/h9-10H,6-8H2,1-5H3. The van der Waals surface area contributed by atoms with Crippen molar-refractivity contribution in [1.82, 2.24) is 9.21 Å². The van der Waals surface area contributed by atoms with Gasteiger partial charge in [0.15, 0.2) is 0 Å². The highest BCUT2D eigenvalue weighted by Crippen LogP contribution is 2.19. The number of rotatable bonds is 7. The van der Waals surface area contributed by atoms with Crippen molar-refractivity contribution in [2.45, 2.75) is 52.6 Å². The van der Waals surface area contributed by atoms with E-state index in [2.05, 4.69) is 18.2 Å². The van der Waals surface area contributed by atoms with Gasteiger partial charge in [-0.25, -0.2) is 4.31 Å². The molecule has 0 spiro atoms. The zero-order valence-electron chi connectivity index (χ0n) is 10.9. The first-order valence-electron chi connectivity index (χ1n) is 5.71. The van der Waals surface area contributed by atoms with Gasteiger partial charge < -0.3 is 4.90 Å². The van der Waals surface area contributed by atoms with Crippen LogP contribution in [0.2, 0.25) is 0 Å². The van der Waals surface area contributed by atoms with Gasteiger partial charge in [0.25, 0.3) is 0 Å². The Balaban J connectivity index is 3.85. The van der Waals surface area contributed by atoms with Crippen molar-refractivity contribution in [3.05, 3.63) is 0 Å². The number of carbonyl (C=O) groups excluding carboxylic acids is 1. The first-order valence-corrected chi connectivity index (χ1v) is 7.31. The second-order valence-electron chi connectivity index (χ2n) is 4.51. The summed E-state index contributed by atoms with van der Waals surface area (Å²) < 4.78 is 2.07. The van der Waals surface area contributed by atoms with E-state index in [4.69, 9.17) is 10.7 Å². The Morgan fingerprint density at radius 2 is 1.81 bits per heavy atom. The molecule has 1 amide bonds. The lowest BCUT2D eigenvalue weighted by atomic mass is 10.2. The molecule has 0 saturated carbocycles. The van der Waals surface area contributed by atoms with Crippen molar-refractivity contribution in [2.24, 2.45) is 0 Å². The number of hydrogen-bond donors (Lipinski definition) is 0. The molecule has 0 unspecified atom stereocenters. The molecule has 0 aliphatic carbocycles. The van der Waals surface area contributed by atoms with Gasteiger partial charge in [-0.15, -0.1) is 0 Å². The molecule has 0 bridgehead atoms. The average Bonchev–Trinajstić information content (AvgIpc) is 2.22. The number of amides is 1. The van der Waals surface area contributed by atoms with Gasteiger partial charge in [-0.2, -0.15) is 0 Å². The molecule has 0 fully saturated rings. The molecule has 0 aliphatic rings.